The molecule has 3 amide bonds. The van der Waals surface area contributed by atoms with Gasteiger partial charge in [-0.05, 0) is 38.7 Å². The quantitative estimate of drug-likeness (QED) is 0.513. The first-order chi connectivity index (χ1) is 15.0. The monoisotopic (exact) mass is 443 g/mol. The summed E-state index contributed by atoms with van der Waals surface area (Å²) in [5.74, 6) is -0.565. The van der Waals surface area contributed by atoms with Gasteiger partial charge >= 0.3 is 12.0 Å². The van der Waals surface area contributed by atoms with E-state index in [1.54, 1.807) is 0 Å². The molecule has 3 rings (SSSR count). The Hall–Kier alpha value is -2.41. The van der Waals surface area contributed by atoms with E-state index < -0.39 is 5.54 Å². The molecule has 7 nitrogen and oxygen atoms in total. The zero-order valence-electron chi connectivity index (χ0n) is 20.2. The molecule has 4 atom stereocenters. The summed E-state index contributed by atoms with van der Waals surface area (Å²) in [6.45, 7) is 13.2. The number of urea groups is 1. The second kappa shape index (κ2) is 8.85. The van der Waals surface area contributed by atoms with Crippen molar-refractivity contribution in [1.29, 1.82) is 0 Å². The number of carbonyl (C=O) groups excluding carboxylic acids is 3. The number of amides is 3. The van der Waals surface area contributed by atoms with Crippen LogP contribution in [0, 0.1) is 5.92 Å². The van der Waals surface area contributed by atoms with E-state index in [9.17, 15) is 14.4 Å². The molecule has 0 aromatic heterocycles. The van der Waals surface area contributed by atoms with Gasteiger partial charge in [-0.1, -0.05) is 51.1 Å². The first-order valence-corrected chi connectivity index (χ1v) is 11.6. The molecule has 176 valence electrons. The van der Waals surface area contributed by atoms with E-state index in [4.69, 9.17) is 4.74 Å². The van der Waals surface area contributed by atoms with Crippen molar-refractivity contribution in [2.45, 2.75) is 84.0 Å². The second-order valence-corrected chi connectivity index (χ2v) is 9.73. The Morgan fingerprint density at radius 2 is 1.81 bits per heavy atom. The Morgan fingerprint density at radius 1 is 1.16 bits per heavy atom. The molecule has 32 heavy (non-hydrogen) atoms. The topological polar surface area (TPSA) is 79.0 Å². The van der Waals surface area contributed by atoms with E-state index in [2.05, 4.69) is 44.8 Å². The molecule has 4 unspecified atom stereocenters. The fourth-order valence-electron chi connectivity index (χ4n) is 5.82. The number of hydrogen-bond donors (Lipinski definition) is 1. The van der Waals surface area contributed by atoms with Crippen LogP contribution in [0.3, 0.4) is 0 Å². The molecule has 7 heteroatoms. The summed E-state index contributed by atoms with van der Waals surface area (Å²) < 4.78 is 5.27. The van der Waals surface area contributed by atoms with Gasteiger partial charge in [-0.3, -0.25) is 19.4 Å². The lowest BCUT2D eigenvalue weighted by Crippen LogP contribution is -2.75. The summed E-state index contributed by atoms with van der Waals surface area (Å²) in [6.07, 6.45) is 2.12. The molecule has 2 fully saturated rings. The minimum atomic E-state index is -0.959. The maximum Gasteiger partial charge on any atom is 0.325 e. The molecule has 2 saturated heterocycles. The number of esters is 1. The molecule has 2 aliphatic heterocycles. The number of piperidine rings is 1. The molecule has 0 aliphatic carbocycles. The first-order valence-electron chi connectivity index (χ1n) is 11.6. The molecule has 0 bridgehead atoms. The molecule has 1 aromatic carbocycles. The molecular weight excluding hydrogens is 406 g/mol. The van der Waals surface area contributed by atoms with Gasteiger partial charge in [0.15, 0.2) is 0 Å². The van der Waals surface area contributed by atoms with Crippen molar-refractivity contribution < 1.29 is 19.1 Å². The largest absolute Gasteiger partial charge is 0.465 e. The van der Waals surface area contributed by atoms with Crippen molar-refractivity contribution in [2.75, 3.05) is 13.2 Å². The van der Waals surface area contributed by atoms with E-state index in [1.807, 2.05) is 30.3 Å². The molecule has 1 N–H and O–H groups in total. The molecule has 1 spiro atoms. The van der Waals surface area contributed by atoms with Crippen molar-refractivity contribution >= 4 is 17.9 Å². The van der Waals surface area contributed by atoms with E-state index >= 15 is 0 Å². The Balaban J connectivity index is 1.96. The smallest absolute Gasteiger partial charge is 0.325 e. The number of hydrogen-bond acceptors (Lipinski definition) is 5. The van der Waals surface area contributed by atoms with Gasteiger partial charge in [-0.25, -0.2) is 4.79 Å². The third kappa shape index (κ3) is 3.91. The highest BCUT2D eigenvalue weighted by Gasteiger charge is 2.66. The van der Waals surface area contributed by atoms with Crippen LogP contribution < -0.4 is 5.32 Å². The van der Waals surface area contributed by atoms with Crippen LogP contribution in [0.1, 0.15) is 66.4 Å². The van der Waals surface area contributed by atoms with Crippen molar-refractivity contribution in [3.63, 3.8) is 0 Å². The lowest BCUT2D eigenvalue weighted by atomic mass is 9.60. The number of nitrogens with one attached hydrogen (secondary N) is 1. The molecule has 1 aromatic rings. The van der Waals surface area contributed by atoms with Crippen LogP contribution in [-0.4, -0.2) is 57.5 Å². The van der Waals surface area contributed by atoms with E-state index in [1.165, 1.54) is 11.8 Å². The SMILES string of the molecule is CCC1(C)CC2(NC(=O)N(Cc3ccccc3)C2=O)C(C)C(C)(CC)N1CCOC(C)=O. The molecule has 0 radical (unpaired) electrons. The fraction of sp³-hybridized carbons (Fsp3) is 0.640. The molecular formula is C25H37N3O4. The van der Waals surface area contributed by atoms with E-state index in [0.29, 0.717) is 19.6 Å². The van der Waals surface area contributed by atoms with Crippen LogP contribution in [0.2, 0.25) is 0 Å². The van der Waals surface area contributed by atoms with Crippen LogP contribution in [-0.2, 0) is 20.9 Å². The lowest BCUT2D eigenvalue weighted by Gasteiger charge is -2.63. The molecule has 2 heterocycles. The maximum absolute atomic E-state index is 13.9. The minimum Gasteiger partial charge on any atom is -0.465 e. The predicted molar refractivity (Wildman–Crippen MR) is 123 cm³/mol. The fourth-order valence-corrected chi connectivity index (χ4v) is 5.82. The van der Waals surface area contributed by atoms with Gasteiger partial charge in [-0.2, -0.15) is 0 Å². The third-order valence-corrected chi connectivity index (χ3v) is 8.08. The van der Waals surface area contributed by atoms with Gasteiger partial charge < -0.3 is 10.1 Å². The number of likely N-dealkylation sites (tertiary alicyclic amines) is 1. The Kier molecular flexibility index (Phi) is 6.70. The average Bonchev–Trinajstić information content (AvgIpc) is 3.00. The van der Waals surface area contributed by atoms with Crippen molar-refractivity contribution in [2.24, 2.45) is 5.92 Å². The van der Waals surface area contributed by atoms with Crippen LogP contribution in [0.4, 0.5) is 4.79 Å². The molecule has 2 aliphatic rings. The lowest BCUT2D eigenvalue weighted by molar-refractivity contribution is -0.160. The summed E-state index contributed by atoms with van der Waals surface area (Å²) in [7, 11) is 0. The minimum absolute atomic E-state index is 0.130. The third-order valence-electron chi connectivity index (χ3n) is 8.08. The Labute approximate surface area is 191 Å². The highest BCUT2D eigenvalue weighted by atomic mass is 16.5. The normalized spacial score (nSPS) is 32.9. The van der Waals surface area contributed by atoms with Gasteiger partial charge in [0.1, 0.15) is 12.1 Å². The summed E-state index contributed by atoms with van der Waals surface area (Å²) in [4.78, 5) is 42.0. The number of ether oxygens (including phenoxy) is 1. The number of nitrogens with zero attached hydrogens (tertiary/aromatic N) is 2. The predicted octanol–water partition coefficient (Wildman–Crippen LogP) is 3.72. The first kappa shape index (κ1) is 24.2. The van der Waals surface area contributed by atoms with Crippen LogP contribution in [0.15, 0.2) is 30.3 Å². The van der Waals surface area contributed by atoms with Crippen LogP contribution in [0.25, 0.3) is 0 Å². The molecule has 0 saturated carbocycles. The van der Waals surface area contributed by atoms with Crippen molar-refractivity contribution in [1.82, 2.24) is 15.1 Å². The van der Waals surface area contributed by atoms with E-state index in [-0.39, 0.29) is 41.4 Å². The standard InChI is InChI=1S/C25H37N3O4/c1-7-23(5)17-25(18(3)24(6,8-2)28(23)14-15-32-19(4)29)21(30)27(22(31)26-25)16-20-12-10-9-11-13-20/h9-13,18H,7-8,14-17H2,1-6H3,(H,26,31). The summed E-state index contributed by atoms with van der Waals surface area (Å²) in [5, 5.41) is 3.14. The summed E-state index contributed by atoms with van der Waals surface area (Å²) in [6, 6.07) is 9.28. The highest BCUT2D eigenvalue weighted by Crippen LogP contribution is 2.52. The summed E-state index contributed by atoms with van der Waals surface area (Å²) >= 11 is 0. The van der Waals surface area contributed by atoms with Gasteiger partial charge in [0.05, 0.1) is 6.54 Å². The van der Waals surface area contributed by atoms with Crippen LogP contribution in [0.5, 0.6) is 0 Å². The van der Waals surface area contributed by atoms with Crippen molar-refractivity contribution in [3.05, 3.63) is 35.9 Å². The second-order valence-electron chi connectivity index (χ2n) is 9.73. The van der Waals surface area contributed by atoms with E-state index in [0.717, 1.165) is 18.4 Å². The zero-order chi connectivity index (χ0) is 23.7. The van der Waals surface area contributed by atoms with Crippen molar-refractivity contribution in [3.8, 4) is 0 Å². The van der Waals surface area contributed by atoms with Gasteiger partial charge in [0.2, 0.25) is 0 Å². The number of benzene rings is 1. The van der Waals surface area contributed by atoms with Gasteiger partial charge in [0.25, 0.3) is 5.91 Å². The number of carbonyl (C=O) groups is 3. The number of rotatable bonds is 7. The summed E-state index contributed by atoms with van der Waals surface area (Å²) in [5.41, 5.74) is -0.742. The Morgan fingerprint density at radius 3 is 2.38 bits per heavy atom. The highest BCUT2D eigenvalue weighted by molar-refractivity contribution is 6.07. The Bertz CT molecular complexity index is 875. The average molecular weight is 444 g/mol. The maximum atomic E-state index is 13.9. The zero-order valence-corrected chi connectivity index (χ0v) is 20.2. The number of imide groups is 1. The van der Waals surface area contributed by atoms with Crippen LogP contribution >= 0.6 is 0 Å². The van der Waals surface area contributed by atoms with Gasteiger partial charge in [-0.15, -0.1) is 0 Å². The van der Waals surface area contributed by atoms with Gasteiger partial charge in [0, 0.05) is 30.5 Å².